The van der Waals surface area contributed by atoms with Crippen molar-refractivity contribution in [3.63, 3.8) is 0 Å². The summed E-state index contributed by atoms with van der Waals surface area (Å²) < 4.78 is 10.7. The Hall–Kier alpha value is -1.96. The van der Waals surface area contributed by atoms with E-state index in [1.807, 2.05) is 6.92 Å². The number of carbonyl (C=O) groups is 2. The Kier molecular flexibility index (Phi) is 6.24. The lowest BCUT2D eigenvalue weighted by Crippen LogP contribution is -2.53. The third-order valence-electron chi connectivity index (χ3n) is 4.75. The van der Waals surface area contributed by atoms with Crippen molar-refractivity contribution in [1.29, 1.82) is 0 Å². The Bertz CT molecular complexity index is 629. The molecule has 1 heterocycles. The van der Waals surface area contributed by atoms with Gasteiger partial charge in [-0.05, 0) is 37.5 Å². The van der Waals surface area contributed by atoms with Crippen LogP contribution in [-0.2, 0) is 19.1 Å². The molecule has 2 amide bonds. The zero-order chi connectivity index (χ0) is 18.5. The van der Waals surface area contributed by atoms with Crippen LogP contribution in [0.25, 0.3) is 0 Å². The molecule has 7 nitrogen and oxygen atoms in total. The Morgan fingerprint density at radius 3 is 2.77 bits per heavy atom. The second-order valence-electron chi connectivity index (χ2n) is 6.70. The first-order chi connectivity index (χ1) is 12.6. The highest BCUT2D eigenvalue weighted by molar-refractivity contribution is 5.94. The van der Waals surface area contributed by atoms with E-state index in [2.05, 4.69) is 5.32 Å². The highest BCUT2D eigenvalue weighted by Crippen LogP contribution is 2.30. The smallest absolute Gasteiger partial charge is 0.249 e. The SMILES string of the molecule is CCOCCN1C(=O)COCC1C(O)c1ccc(NC(=O)C2CC2)cc1. The first-order valence-corrected chi connectivity index (χ1v) is 9.14. The van der Waals surface area contributed by atoms with Crippen LogP contribution in [-0.4, -0.2) is 60.8 Å². The molecule has 1 aromatic carbocycles. The van der Waals surface area contributed by atoms with Crippen molar-refractivity contribution in [2.45, 2.75) is 31.9 Å². The zero-order valence-electron chi connectivity index (χ0n) is 15.0. The summed E-state index contributed by atoms with van der Waals surface area (Å²) in [5, 5.41) is 13.6. The molecule has 1 aliphatic heterocycles. The number of aliphatic hydroxyl groups excluding tert-OH is 1. The van der Waals surface area contributed by atoms with Crippen molar-refractivity contribution in [1.82, 2.24) is 4.90 Å². The minimum absolute atomic E-state index is 0.0292. The fourth-order valence-electron chi connectivity index (χ4n) is 3.06. The molecule has 1 saturated heterocycles. The van der Waals surface area contributed by atoms with Gasteiger partial charge in [0.25, 0.3) is 0 Å². The van der Waals surface area contributed by atoms with E-state index in [1.165, 1.54) is 0 Å². The molecular formula is C19H26N2O5. The third kappa shape index (κ3) is 4.60. The van der Waals surface area contributed by atoms with E-state index in [0.717, 1.165) is 12.8 Å². The maximum absolute atomic E-state index is 12.2. The molecule has 2 fully saturated rings. The molecule has 26 heavy (non-hydrogen) atoms. The summed E-state index contributed by atoms with van der Waals surface area (Å²) >= 11 is 0. The molecule has 2 unspecified atom stereocenters. The van der Waals surface area contributed by atoms with Crippen LogP contribution in [0.15, 0.2) is 24.3 Å². The lowest BCUT2D eigenvalue weighted by Gasteiger charge is -2.38. The lowest BCUT2D eigenvalue weighted by atomic mass is 10.00. The Morgan fingerprint density at radius 2 is 2.12 bits per heavy atom. The van der Waals surface area contributed by atoms with E-state index in [1.54, 1.807) is 29.2 Å². The van der Waals surface area contributed by atoms with E-state index >= 15 is 0 Å². The van der Waals surface area contributed by atoms with Crippen LogP contribution in [0, 0.1) is 5.92 Å². The largest absolute Gasteiger partial charge is 0.386 e. The van der Waals surface area contributed by atoms with Crippen LogP contribution >= 0.6 is 0 Å². The van der Waals surface area contributed by atoms with Crippen LogP contribution in [0.3, 0.4) is 0 Å². The number of nitrogens with one attached hydrogen (secondary N) is 1. The molecule has 142 valence electrons. The number of ether oxygens (including phenoxy) is 2. The summed E-state index contributed by atoms with van der Waals surface area (Å²) in [7, 11) is 0. The molecule has 3 rings (SSSR count). The highest BCUT2D eigenvalue weighted by Gasteiger charge is 2.34. The van der Waals surface area contributed by atoms with Gasteiger partial charge in [-0.15, -0.1) is 0 Å². The predicted octanol–water partition coefficient (Wildman–Crippen LogP) is 1.33. The maximum Gasteiger partial charge on any atom is 0.249 e. The first kappa shape index (κ1) is 18.8. The normalized spacial score (nSPS) is 21.5. The number of carbonyl (C=O) groups excluding carboxylic acids is 2. The molecule has 2 atom stereocenters. The summed E-state index contributed by atoms with van der Waals surface area (Å²) in [5.74, 6) is 0.0459. The number of nitrogens with zero attached hydrogens (tertiary/aromatic N) is 1. The molecule has 0 radical (unpaired) electrons. The number of benzene rings is 1. The van der Waals surface area contributed by atoms with Gasteiger partial charge in [0.1, 0.15) is 12.7 Å². The number of anilines is 1. The van der Waals surface area contributed by atoms with Crippen molar-refractivity contribution < 1.29 is 24.2 Å². The Labute approximate surface area is 153 Å². The molecular weight excluding hydrogens is 336 g/mol. The monoisotopic (exact) mass is 362 g/mol. The number of amides is 2. The summed E-state index contributed by atoms with van der Waals surface area (Å²) in [6.45, 7) is 3.64. The number of hydrogen-bond acceptors (Lipinski definition) is 5. The topological polar surface area (TPSA) is 88.1 Å². The van der Waals surface area contributed by atoms with Gasteiger partial charge in [0.2, 0.25) is 11.8 Å². The van der Waals surface area contributed by atoms with Gasteiger partial charge in [-0.1, -0.05) is 12.1 Å². The fourth-order valence-corrected chi connectivity index (χ4v) is 3.06. The Balaban J connectivity index is 1.64. The third-order valence-corrected chi connectivity index (χ3v) is 4.75. The maximum atomic E-state index is 12.2. The Morgan fingerprint density at radius 1 is 1.38 bits per heavy atom. The summed E-state index contributed by atoms with van der Waals surface area (Å²) in [6, 6.07) is 6.63. The van der Waals surface area contributed by atoms with E-state index in [0.29, 0.717) is 31.0 Å². The van der Waals surface area contributed by atoms with E-state index in [9.17, 15) is 14.7 Å². The predicted molar refractivity (Wildman–Crippen MR) is 95.6 cm³/mol. The van der Waals surface area contributed by atoms with Crippen LogP contribution < -0.4 is 5.32 Å². The van der Waals surface area contributed by atoms with Gasteiger partial charge in [0, 0.05) is 24.8 Å². The van der Waals surface area contributed by atoms with Crippen LogP contribution in [0.2, 0.25) is 0 Å². The molecule has 2 N–H and O–H groups in total. The van der Waals surface area contributed by atoms with Crippen LogP contribution in [0.4, 0.5) is 5.69 Å². The van der Waals surface area contributed by atoms with Gasteiger partial charge in [-0.25, -0.2) is 0 Å². The minimum atomic E-state index is -0.867. The summed E-state index contributed by atoms with van der Waals surface area (Å²) in [4.78, 5) is 25.6. The molecule has 0 aromatic heterocycles. The van der Waals surface area contributed by atoms with E-state index in [-0.39, 0.29) is 30.9 Å². The lowest BCUT2D eigenvalue weighted by molar-refractivity contribution is -0.155. The van der Waals surface area contributed by atoms with Crippen molar-refractivity contribution in [3.05, 3.63) is 29.8 Å². The number of hydrogen-bond donors (Lipinski definition) is 2. The first-order valence-electron chi connectivity index (χ1n) is 9.14. The van der Waals surface area contributed by atoms with Crippen molar-refractivity contribution in [2.24, 2.45) is 5.92 Å². The number of rotatable bonds is 8. The molecule has 1 aliphatic carbocycles. The number of aliphatic hydroxyl groups is 1. The summed E-state index contributed by atoms with van der Waals surface area (Å²) in [6.07, 6.45) is 1.04. The standard InChI is InChI=1S/C19H26N2O5/c1-2-25-10-9-21-16(11-26-12-17(21)22)18(23)13-5-7-15(8-6-13)20-19(24)14-3-4-14/h5-8,14,16,18,23H,2-4,9-12H2,1H3,(H,20,24). The fraction of sp³-hybridized carbons (Fsp3) is 0.579. The molecule has 7 heteroatoms. The van der Waals surface area contributed by atoms with Crippen LogP contribution in [0.1, 0.15) is 31.4 Å². The molecule has 0 spiro atoms. The van der Waals surface area contributed by atoms with E-state index < -0.39 is 12.1 Å². The van der Waals surface area contributed by atoms with Gasteiger partial charge in [-0.2, -0.15) is 0 Å². The van der Waals surface area contributed by atoms with Crippen molar-refractivity contribution in [3.8, 4) is 0 Å². The van der Waals surface area contributed by atoms with Gasteiger partial charge in [-0.3, -0.25) is 9.59 Å². The molecule has 1 saturated carbocycles. The van der Waals surface area contributed by atoms with Crippen LogP contribution in [0.5, 0.6) is 0 Å². The zero-order valence-corrected chi connectivity index (χ0v) is 15.0. The van der Waals surface area contributed by atoms with E-state index in [4.69, 9.17) is 9.47 Å². The second kappa shape index (κ2) is 8.62. The molecule has 0 bridgehead atoms. The van der Waals surface area contributed by atoms with Gasteiger partial charge < -0.3 is 24.8 Å². The second-order valence-corrected chi connectivity index (χ2v) is 6.70. The summed E-state index contributed by atoms with van der Waals surface area (Å²) in [5.41, 5.74) is 1.39. The quantitative estimate of drug-likeness (QED) is 0.681. The van der Waals surface area contributed by atoms with Crippen molar-refractivity contribution in [2.75, 3.05) is 38.3 Å². The average Bonchev–Trinajstić information content (AvgIpc) is 3.48. The average molecular weight is 362 g/mol. The van der Waals surface area contributed by atoms with Gasteiger partial charge in [0.15, 0.2) is 0 Å². The highest BCUT2D eigenvalue weighted by atomic mass is 16.5. The van der Waals surface area contributed by atoms with Crippen molar-refractivity contribution >= 4 is 17.5 Å². The number of morpholine rings is 1. The van der Waals surface area contributed by atoms with Gasteiger partial charge in [0.05, 0.1) is 19.3 Å². The van der Waals surface area contributed by atoms with Gasteiger partial charge >= 0.3 is 0 Å². The molecule has 1 aromatic rings. The minimum Gasteiger partial charge on any atom is -0.386 e. The molecule has 2 aliphatic rings.